The van der Waals surface area contributed by atoms with Crippen molar-refractivity contribution in [1.82, 2.24) is 79.0 Å². The van der Waals surface area contributed by atoms with Gasteiger partial charge in [0, 0.05) is 46.3 Å². The van der Waals surface area contributed by atoms with E-state index in [0.29, 0.717) is 108 Å². The molecule has 3 aliphatic rings. The van der Waals surface area contributed by atoms with Crippen LogP contribution in [-0.2, 0) is 33.5 Å². The number of anilines is 4. The Morgan fingerprint density at radius 2 is 0.631 bits per heavy atom. The summed E-state index contributed by atoms with van der Waals surface area (Å²) in [5, 5.41) is 33.9. The molecule has 702 valence electrons. The van der Waals surface area contributed by atoms with Crippen LogP contribution in [-0.4, -0.2) is 79.0 Å². The summed E-state index contributed by atoms with van der Waals surface area (Å²) < 4.78 is 55.7. The number of hydrogen-bond acceptors (Lipinski definition) is 26. The molecule has 0 spiro atoms. The Labute approximate surface area is 816 Å². The lowest BCUT2D eigenvalue weighted by Crippen LogP contribution is -2.07. The summed E-state index contributed by atoms with van der Waals surface area (Å²) >= 11 is 1.68. The third kappa shape index (κ3) is 21.5. The molecule has 8 N–H and O–H groups in total. The SMILES string of the molecule is Cn1nc(-c2ccc(Oc3cccc(OCc4ccccc4)c3)cc2)c2c(N)ncnc21.N#Cc1ccccc1OCc1cccc(Oc2ccc(-c3nn(C4CCCC4)c4ncnc(N)c34)cc2)c1.Nc1ncnc2c1c(-c1ccc(Oc3cccc(COc4ccccc4)c3)cc1)nn2C1CCCC1.Nc1ncnc2c1c(-c1ccc(Oc3cccc(OCc4cccs4)c3)cc1)nn2C1CCCC1. The van der Waals surface area contributed by atoms with Crippen molar-refractivity contribution in [2.75, 3.05) is 22.9 Å². The highest BCUT2D eigenvalue weighted by molar-refractivity contribution is 7.09. The van der Waals surface area contributed by atoms with Crippen LogP contribution in [0.3, 0.4) is 0 Å². The van der Waals surface area contributed by atoms with E-state index in [-0.39, 0.29) is 0 Å². The van der Waals surface area contributed by atoms with Crippen LogP contribution < -0.4 is 60.8 Å². The quantitative estimate of drug-likeness (QED) is 0.0371. The fraction of sp³-hybridized carbons (Fsp3) is 0.180. The number of para-hydroxylation sites is 2. The Bertz CT molecular complexity index is 7740. The second-order valence-electron chi connectivity index (χ2n) is 34.4. The monoisotopic (exact) mass is 1890 g/mol. The largest absolute Gasteiger partial charge is 0.489 e. The number of benzene rings is 11. The van der Waals surface area contributed by atoms with Crippen LogP contribution in [0.2, 0.25) is 0 Å². The Kier molecular flexibility index (Phi) is 27.7. The molecule has 23 rings (SSSR count). The molecule has 0 unspecified atom stereocenters. The average molecular weight is 1890 g/mol. The standard InChI is InChI=1S/C30H26N6O2.C29H27N5O2.C27H25N5O2S.C25H21N5O2/c31-17-22-7-1-4-11-26(22)37-18-20-6-5-10-25(16-20)38-24-14-12-21(13-15-24)28-27-29(32)33-19-34-30(27)36(35-28)23-8-2-3-9-23;30-28-26-27(33-34(22-8-4-5-9-22)29(26)32-19-31-28)21-13-15-24(16-14-21)36-25-12-6-7-20(17-25)18-35-23-10-2-1-3-11-23;28-26-24-25(31-32(19-5-1-2-6-19)27(24)30-17-29-26)18-10-12-20(13-11-18)34-22-8-3-7-21(15-22)33-16-23-9-4-14-35-23;1-30-25-22(24(26)27-16-28-25)23(29-30)18-10-12-19(13-11-18)32-21-9-5-8-20(14-21)31-15-17-6-3-2-4-7-17/h1,4-7,10-16,19,23H,2-3,8-9,18H2,(H2,32,33,34);1-3,6-7,10-17,19,22H,4-5,8-9,18H2,(H2,30,31,32);3-4,7-15,17,19H,1-2,5-6,16H2,(H2,28,29,30);2-14,16H,15H2,1H3,(H2,26,27,28). The molecule has 0 atom stereocenters. The molecule has 0 aliphatic heterocycles. The van der Waals surface area contributed by atoms with Crippen molar-refractivity contribution in [1.29, 1.82) is 5.26 Å². The first-order valence-corrected chi connectivity index (χ1v) is 47.8. The van der Waals surface area contributed by atoms with E-state index in [1.165, 1.54) is 68.7 Å². The molecule has 141 heavy (non-hydrogen) atoms. The van der Waals surface area contributed by atoms with Gasteiger partial charge in [0.25, 0.3) is 0 Å². The second-order valence-corrected chi connectivity index (χ2v) is 35.4. The van der Waals surface area contributed by atoms with Crippen LogP contribution in [0.15, 0.2) is 322 Å². The Balaban J connectivity index is 0.000000115. The van der Waals surface area contributed by atoms with Gasteiger partial charge in [0.15, 0.2) is 22.6 Å². The highest BCUT2D eigenvalue weighted by atomic mass is 32.1. The zero-order valence-corrected chi connectivity index (χ0v) is 78.0. The van der Waals surface area contributed by atoms with E-state index in [0.717, 1.165) is 179 Å². The van der Waals surface area contributed by atoms with Gasteiger partial charge < -0.3 is 60.8 Å². The fourth-order valence-electron chi connectivity index (χ4n) is 17.9. The van der Waals surface area contributed by atoms with E-state index in [1.54, 1.807) is 28.2 Å². The summed E-state index contributed by atoms with van der Waals surface area (Å²) in [6.45, 7) is 1.85. The van der Waals surface area contributed by atoms with Crippen molar-refractivity contribution in [2.24, 2.45) is 7.05 Å². The molecule has 0 radical (unpaired) electrons. The van der Waals surface area contributed by atoms with Gasteiger partial charge in [-0.2, -0.15) is 25.7 Å². The number of fused-ring (bicyclic) bond motifs is 4. The van der Waals surface area contributed by atoms with E-state index in [2.05, 4.69) is 57.1 Å². The predicted molar refractivity (Wildman–Crippen MR) is 546 cm³/mol. The van der Waals surface area contributed by atoms with Crippen LogP contribution in [0.25, 0.3) is 89.2 Å². The first-order chi connectivity index (χ1) is 69.3. The van der Waals surface area contributed by atoms with E-state index in [1.807, 2.05) is 299 Å². The minimum atomic E-state index is 0.328. The first kappa shape index (κ1) is 91.2. The summed E-state index contributed by atoms with van der Waals surface area (Å²) in [6.07, 6.45) is 19.9. The van der Waals surface area contributed by atoms with Gasteiger partial charge >= 0.3 is 0 Å². The molecule has 3 fully saturated rings. The number of aryl methyl sites for hydroxylation is 1. The van der Waals surface area contributed by atoms with Gasteiger partial charge in [0.1, 0.15) is 173 Å². The van der Waals surface area contributed by atoms with Crippen LogP contribution >= 0.6 is 11.3 Å². The van der Waals surface area contributed by atoms with Crippen molar-refractivity contribution in [3.8, 4) is 120 Å². The maximum atomic E-state index is 9.26. The zero-order valence-electron chi connectivity index (χ0n) is 77.2. The number of aromatic nitrogens is 16. The van der Waals surface area contributed by atoms with Gasteiger partial charge in [-0.1, -0.05) is 142 Å². The number of nitrogen functional groups attached to an aromatic ring is 4. The van der Waals surface area contributed by atoms with Gasteiger partial charge in [-0.3, -0.25) is 0 Å². The summed E-state index contributed by atoms with van der Waals surface area (Å²) in [5.74, 6) is 10.4. The van der Waals surface area contributed by atoms with E-state index >= 15 is 0 Å². The number of nitriles is 1. The van der Waals surface area contributed by atoms with Crippen molar-refractivity contribution >= 4 is 78.7 Å². The molecule has 3 saturated carbocycles. The number of rotatable bonds is 27. The summed E-state index contributed by atoms with van der Waals surface area (Å²) in [5.41, 5.74) is 38.5. The number of hydrogen-bond donors (Lipinski definition) is 4. The van der Waals surface area contributed by atoms with E-state index in [4.69, 9.17) is 76.1 Å². The molecule has 29 nitrogen and oxygen atoms in total. The van der Waals surface area contributed by atoms with Gasteiger partial charge in [0.05, 0.1) is 45.2 Å². The minimum Gasteiger partial charge on any atom is -0.489 e. The predicted octanol–water partition coefficient (Wildman–Crippen LogP) is 24.6. The van der Waals surface area contributed by atoms with E-state index in [9.17, 15) is 5.26 Å². The van der Waals surface area contributed by atoms with Crippen LogP contribution in [0, 0.1) is 11.3 Å². The highest BCUT2D eigenvalue weighted by Gasteiger charge is 2.29. The van der Waals surface area contributed by atoms with Crippen LogP contribution in [0.4, 0.5) is 23.3 Å². The average Bonchev–Trinajstić information content (AvgIpc) is 1.62. The molecule has 9 aromatic heterocycles. The third-order valence-electron chi connectivity index (χ3n) is 24.8. The van der Waals surface area contributed by atoms with Crippen molar-refractivity contribution < 1.29 is 37.9 Å². The Hall–Kier alpha value is -17.6. The smallest absolute Gasteiger partial charge is 0.164 e. The van der Waals surface area contributed by atoms with Gasteiger partial charge in [-0.15, -0.1) is 11.3 Å². The van der Waals surface area contributed by atoms with Crippen molar-refractivity contribution in [2.45, 2.75) is 122 Å². The molecule has 30 heteroatoms. The highest BCUT2D eigenvalue weighted by Crippen LogP contribution is 2.44. The molecule has 9 heterocycles. The number of ether oxygens (including phenoxy) is 8. The summed E-state index contributed by atoms with van der Waals surface area (Å²) in [6, 6.07) is 96.5. The summed E-state index contributed by atoms with van der Waals surface area (Å²) in [7, 11) is 1.84. The van der Waals surface area contributed by atoms with E-state index < -0.39 is 0 Å². The third-order valence-corrected chi connectivity index (χ3v) is 25.7. The van der Waals surface area contributed by atoms with Gasteiger partial charge in [-0.25, -0.2) is 58.6 Å². The number of nitrogens with two attached hydrogens (primary N) is 4. The Morgan fingerprint density at radius 3 is 1.04 bits per heavy atom. The van der Waals surface area contributed by atoms with Crippen LogP contribution in [0.5, 0.6) is 69.0 Å². The van der Waals surface area contributed by atoms with Crippen LogP contribution in [0.1, 0.15) is 122 Å². The fourth-order valence-corrected chi connectivity index (χ4v) is 18.5. The zero-order chi connectivity index (χ0) is 95.8. The topological polar surface area (TPSA) is 376 Å². The first-order valence-electron chi connectivity index (χ1n) is 46.9. The minimum absolute atomic E-state index is 0.328. The van der Waals surface area contributed by atoms with Crippen molar-refractivity contribution in [3.63, 3.8) is 0 Å². The molecule has 11 aromatic carbocycles. The lowest BCUT2D eigenvalue weighted by atomic mass is 10.1. The molecule has 0 bridgehead atoms. The molecule has 20 aromatic rings. The Morgan fingerprint density at radius 1 is 0.305 bits per heavy atom. The summed E-state index contributed by atoms with van der Waals surface area (Å²) in [4.78, 5) is 35.8. The maximum absolute atomic E-state index is 9.26. The molecule has 3 aliphatic carbocycles. The normalized spacial score (nSPS) is 13.1. The number of thiophene rings is 1. The maximum Gasteiger partial charge on any atom is 0.164 e. The van der Waals surface area contributed by atoms with Gasteiger partial charge in [0.2, 0.25) is 0 Å². The number of nitrogens with zero attached hydrogens (tertiary/aromatic N) is 17. The second kappa shape index (κ2) is 42.8. The lowest BCUT2D eigenvalue weighted by Gasteiger charge is -2.10. The molecular weight excluding hydrogens is 1790 g/mol. The molecule has 0 saturated heterocycles. The molecule has 0 amide bonds. The lowest BCUT2D eigenvalue weighted by molar-refractivity contribution is 0.304. The van der Waals surface area contributed by atoms with Crippen molar-refractivity contribution in [3.05, 3.63) is 349 Å². The molecular formula is C111H99N21O8S. The van der Waals surface area contributed by atoms with Gasteiger partial charge in [-0.05, 0) is 237 Å².